The van der Waals surface area contributed by atoms with Crippen molar-refractivity contribution in [1.82, 2.24) is 4.98 Å². The van der Waals surface area contributed by atoms with Crippen molar-refractivity contribution in [1.29, 1.82) is 0 Å². The van der Waals surface area contributed by atoms with Crippen LogP contribution < -0.4 is 5.32 Å². The average Bonchev–Trinajstić information content (AvgIpc) is 3.32. The van der Waals surface area contributed by atoms with Crippen LogP contribution in [0.2, 0.25) is 0 Å². The number of carbonyl (C=O) groups is 1. The molecule has 0 unspecified atom stereocenters. The van der Waals surface area contributed by atoms with Gasteiger partial charge in [-0.3, -0.25) is 0 Å². The van der Waals surface area contributed by atoms with Crippen LogP contribution >= 0.6 is 0 Å². The van der Waals surface area contributed by atoms with E-state index in [1.165, 1.54) is 0 Å². The Labute approximate surface area is 124 Å². The zero-order valence-corrected chi connectivity index (χ0v) is 12.0. The van der Waals surface area contributed by atoms with E-state index in [4.69, 9.17) is 4.74 Å². The summed E-state index contributed by atoms with van der Waals surface area (Å²) in [7, 11) is 0. The first-order chi connectivity index (χ1) is 10.3. The van der Waals surface area contributed by atoms with Crippen molar-refractivity contribution in [2.75, 3.05) is 11.9 Å². The van der Waals surface area contributed by atoms with Crippen molar-refractivity contribution in [2.24, 2.45) is 0 Å². The monoisotopic (exact) mass is 282 g/mol. The van der Waals surface area contributed by atoms with Crippen molar-refractivity contribution >= 4 is 11.8 Å². The summed E-state index contributed by atoms with van der Waals surface area (Å²) in [6.07, 6.45) is 2.25. The third-order valence-corrected chi connectivity index (χ3v) is 3.38. The Morgan fingerprint density at radius 2 is 2.00 bits per heavy atom. The molecule has 1 heterocycles. The molecule has 0 spiro atoms. The zero-order chi connectivity index (χ0) is 14.7. The van der Waals surface area contributed by atoms with E-state index in [9.17, 15) is 4.79 Å². The molecule has 1 aromatic carbocycles. The molecule has 1 aromatic heterocycles. The number of rotatable bonds is 5. The maximum Gasteiger partial charge on any atom is 0.341 e. The predicted molar refractivity (Wildman–Crippen MR) is 82.3 cm³/mol. The molecule has 1 saturated carbocycles. The van der Waals surface area contributed by atoms with Gasteiger partial charge in [-0.25, -0.2) is 9.78 Å². The Hall–Kier alpha value is -2.36. The van der Waals surface area contributed by atoms with Crippen LogP contribution in [0, 0.1) is 0 Å². The molecule has 108 valence electrons. The number of ether oxygens (including phenoxy) is 1. The summed E-state index contributed by atoms with van der Waals surface area (Å²) in [5.41, 5.74) is 2.39. The topological polar surface area (TPSA) is 51.2 Å². The second-order valence-electron chi connectivity index (χ2n) is 5.10. The van der Waals surface area contributed by atoms with Crippen molar-refractivity contribution in [3.05, 3.63) is 48.0 Å². The van der Waals surface area contributed by atoms with Crippen LogP contribution in [0.1, 0.15) is 30.1 Å². The number of hydrogen-bond acceptors (Lipinski definition) is 4. The summed E-state index contributed by atoms with van der Waals surface area (Å²) in [6, 6.07) is 14.0. The van der Waals surface area contributed by atoms with Gasteiger partial charge < -0.3 is 10.1 Å². The summed E-state index contributed by atoms with van der Waals surface area (Å²) in [5.74, 6) is 0.296. The summed E-state index contributed by atoms with van der Waals surface area (Å²) < 4.78 is 5.10. The van der Waals surface area contributed by atoms with Gasteiger partial charge in [0.15, 0.2) is 0 Å². The molecule has 1 fully saturated rings. The molecule has 0 saturated heterocycles. The fourth-order valence-electron chi connectivity index (χ4n) is 2.13. The number of benzene rings is 1. The molecule has 1 aliphatic rings. The van der Waals surface area contributed by atoms with Gasteiger partial charge in [-0.2, -0.15) is 0 Å². The Kier molecular flexibility index (Phi) is 3.86. The lowest BCUT2D eigenvalue weighted by Gasteiger charge is -2.11. The summed E-state index contributed by atoms with van der Waals surface area (Å²) in [5, 5.41) is 3.32. The second kappa shape index (κ2) is 5.95. The summed E-state index contributed by atoms with van der Waals surface area (Å²) in [4.78, 5) is 16.6. The molecule has 0 bridgehead atoms. The van der Waals surface area contributed by atoms with Crippen LogP contribution in [0.25, 0.3) is 11.3 Å². The van der Waals surface area contributed by atoms with E-state index in [2.05, 4.69) is 10.3 Å². The third kappa shape index (κ3) is 3.21. The average molecular weight is 282 g/mol. The van der Waals surface area contributed by atoms with Gasteiger partial charge in [0.2, 0.25) is 0 Å². The number of carbonyl (C=O) groups excluding carboxylic acids is 1. The van der Waals surface area contributed by atoms with Crippen LogP contribution in [0.3, 0.4) is 0 Å². The quantitative estimate of drug-likeness (QED) is 0.853. The van der Waals surface area contributed by atoms with E-state index < -0.39 is 0 Å². The number of aromatic nitrogens is 1. The van der Waals surface area contributed by atoms with Crippen LogP contribution in [0.15, 0.2) is 42.5 Å². The highest BCUT2D eigenvalue weighted by molar-refractivity contribution is 5.95. The van der Waals surface area contributed by atoms with E-state index in [1.807, 2.05) is 36.4 Å². The van der Waals surface area contributed by atoms with Gasteiger partial charge in [0.1, 0.15) is 11.4 Å². The fourth-order valence-corrected chi connectivity index (χ4v) is 2.13. The third-order valence-electron chi connectivity index (χ3n) is 3.38. The fraction of sp³-hybridized carbons (Fsp3) is 0.294. The molecule has 1 aliphatic carbocycles. The molecule has 0 amide bonds. The maximum absolute atomic E-state index is 12.0. The first-order valence-electron chi connectivity index (χ1n) is 7.28. The predicted octanol–water partition coefficient (Wildman–Crippen LogP) is 3.50. The molecule has 4 heteroatoms. The Bertz CT molecular complexity index is 636. The van der Waals surface area contributed by atoms with Gasteiger partial charge in [0.25, 0.3) is 0 Å². The molecule has 1 N–H and O–H groups in total. The maximum atomic E-state index is 12.0. The Balaban J connectivity index is 1.96. The molecule has 0 aliphatic heterocycles. The lowest BCUT2D eigenvalue weighted by atomic mass is 10.1. The van der Waals surface area contributed by atoms with E-state index in [-0.39, 0.29) is 5.97 Å². The van der Waals surface area contributed by atoms with Gasteiger partial charge in [0.05, 0.1) is 12.3 Å². The molecule has 0 radical (unpaired) electrons. The minimum Gasteiger partial charge on any atom is -0.462 e. The number of anilines is 1. The van der Waals surface area contributed by atoms with Gasteiger partial charge in [-0.05, 0) is 31.9 Å². The highest BCUT2D eigenvalue weighted by Gasteiger charge is 2.24. The van der Waals surface area contributed by atoms with Crippen LogP contribution in [-0.2, 0) is 4.74 Å². The molecule has 3 rings (SSSR count). The molecule has 0 atom stereocenters. The molecular weight excluding hydrogens is 264 g/mol. The molecule has 4 nitrogen and oxygen atoms in total. The zero-order valence-electron chi connectivity index (χ0n) is 12.0. The van der Waals surface area contributed by atoms with Gasteiger partial charge in [-0.15, -0.1) is 0 Å². The summed E-state index contributed by atoms with van der Waals surface area (Å²) >= 11 is 0. The van der Waals surface area contributed by atoms with Crippen LogP contribution in [0.5, 0.6) is 0 Å². The van der Waals surface area contributed by atoms with E-state index in [0.717, 1.165) is 24.1 Å². The highest BCUT2D eigenvalue weighted by Crippen LogP contribution is 2.28. The van der Waals surface area contributed by atoms with Crippen molar-refractivity contribution in [2.45, 2.75) is 25.8 Å². The largest absolute Gasteiger partial charge is 0.462 e. The van der Waals surface area contributed by atoms with Crippen molar-refractivity contribution in [3.63, 3.8) is 0 Å². The first kappa shape index (κ1) is 13.6. The first-order valence-corrected chi connectivity index (χ1v) is 7.28. The highest BCUT2D eigenvalue weighted by atomic mass is 16.5. The minimum absolute atomic E-state index is 0.326. The van der Waals surface area contributed by atoms with Crippen LogP contribution in [0.4, 0.5) is 5.82 Å². The van der Waals surface area contributed by atoms with E-state index >= 15 is 0 Å². The van der Waals surface area contributed by atoms with E-state index in [0.29, 0.717) is 24.0 Å². The minimum atomic E-state index is -0.326. The Morgan fingerprint density at radius 3 is 2.67 bits per heavy atom. The number of nitrogens with zero attached hydrogens (tertiary/aromatic N) is 1. The lowest BCUT2D eigenvalue weighted by Crippen LogP contribution is -2.13. The van der Waals surface area contributed by atoms with Gasteiger partial charge in [0, 0.05) is 11.6 Å². The van der Waals surface area contributed by atoms with Gasteiger partial charge in [-0.1, -0.05) is 30.3 Å². The normalized spacial score (nSPS) is 13.8. The lowest BCUT2D eigenvalue weighted by molar-refractivity contribution is 0.0527. The van der Waals surface area contributed by atoms with Crippen molar-refractivity contribution in [3.8, 4) is 11.3 Å². The number of hydrogen-bond donors (Lipinski definition) is 1. The standard InChI is InChI=1S/C17H18N2O2/c1-2-21-17(20)14-10-11-15(12-6-4-3-5-7-12)19-16(14)18-13-8-9-13/h3-7,10-11,13H,2,8-9H2,1H3,(H,18,19). The number of nitrogens with one attached hydrogen (secondary N) is 1. The Morgan fingerprint density at radius 1 is 1.24 bits per heavy atom. The smallest absolute Gasteiger partial charge is 0.341 e. The van der Waals surface area contributed by atoms with Crippen molar-refractivity contribution < 1.29 is 9.53 Å². The number of pyridine rings is 1. The molecule has 2 aromatic rings. The molecule has 21 heavy (non-hydrogen) atoms. The van der Waals surface area contributed by atoms with Gasteiger partial charge >= 0.3 is 5.97 Å². The van der Waals surface area contributed by atoms with Crippen LogP contribution in [-0.4, -0.2) is 23.6 Å². The molecular formula is C17H18N2O2. The SMILES string of the molecule is CCOC(=O)c1ccc(-c2ccccc2)nc1NC1CC1. The number of esters is 1. The second-order valence-corrected chi connectivity index (χ2v) is 5.10. The summed E-state index contributed by atoms with van der Waals surface area (Å²) in [6.45, 7) is 2.17. The van der Waals surface area contributed by atoms with E-state index in [1.54, 1.807) is 13.0 Å².